The van der Waals surface area contributed by atoms with Gasteiger partial charge in [0.05, 0.1) is 7.11 Å². The number of hydrogen-bond acceptors (Lipinski definition) is 5. The highest BCUT2D eigenvalue weighted by Crippen LogP contribution is 2.31. The fourth-order valence-electron chi connectivity index (χ4n) is 2.94. The molecule has 0 fully saturated rings. The number of cyclic esters (lactones) is 1. The average molecular weight is 420 g/mol. The van der Waals surface area contributed by atoms with Crippen molar-refractivity contribution in [2.75, 3.05) is 7.11 Å². The zero-order valence-corrected chi connectivity index (χ0v) is 16.9. The Morgan fingerprint density at radius 3 is 2.53 bits per heavy atom. The smallest absolute Gasteiger partial charge is 0.363 e. The molecule has 0 amide bonds. The molecule has 0 saturated carbocycles. The van der Waals surface area contributed by atoms with Crippen molar-refractivity contribution in [3.8, 4) is 11.5 Å². The second kappa shape index (κ2) is 8.84. The Morgan fingerprint density at radius 2 is 1.77 bits per heavy atom. The van der Waals surface area contributed by atoms with Crippen LogP contribution in [0.3, 0.4) is 0 Å². The van der Waals surface area contributed by atoms with Gasteiger partial charge in [-0.2, -0.15) is 0 Å². The Morgan fingerprint density at radius 1 is 1.00 bits per heavy atom. The molecule has 0 N–H and O–H groups in total. The number of methoxy groups -OCH3 is 1. The summed E-state index contributed by atoms with van der Waals surface area (Å²) in [6.07, 6.45) is 1.65. The highest BCUT2D eigenvalue weighted by Gasteiger charge is 2.24. The van der Waals surface area contributed by atoms with E-state index in [1.807, 2.05) is 60.7 Å². The molecule has 5 nitrogen and oxygen atoms in total. The van der Waals surface area contributed by atoms with Crippen LogP contribution in [0.4, 0.5) is 0 Å². The van der Waals surface area contributed by atoms with Gasteiger partial charge in [-0.1, -0.05) is 54.1 Å². The van der Waals surface area contributed by atoms with Crippen molar-refractivity contribution >= 4 is 29.5 Å². The minimum atomic E-state index is -0.497. The summed E-state index contributed by atoms with van der Waals surface area (Å²) in [4.78, 5) is 16.6. The van der Waals surface area contributed by atoms with Crippen molar-refractivity contribution in [3.63, 3.8) is 0 Å². The van der Waals surface area contributed by atoms with E-state index in [0.29, 0.717) is 16.5 Å². The molecule has 0 atom stereocenters. The van der Waals surface area contributed by atoms with E-state index in [-0.39, 0.29) is 18.2 Å². The predicted molar refractivity (Wildman–Crippen MR) is 116 cm³/mol. The van der Waals surface area contributed by atoms with Gasteiger partial charge in [0, 0.05) is 16.1 Å². The van der Waals surface area contributed by atoms with Gasteiger partial charge in [0.15, 0.2) is 17.2 Å². The van der Waals surface area contributed by atoms with Crippen LogP contribution < -0.4 is 9.47 Å². The molecule has 0 bridgehead atoms. The average Bonchev–Trinajstić information content (AvgIpc) is 3.14. The predicted octanol–water partition coefficient (Wildman–Crippen LogP) is 5.27. The van der Waals surface area contributed by atoms with Gasteiger partial charge in [-0.15, -0.1) is 0 Å². The molecule has 1 heterocycles. The number of halogens is 1. The first-order valence-electron chi connectivity index (χ1n) is 9.26. The lowest BCUT2D eigenvalue weighted by molar-refractivity contribution is -0.129. The van der Waals surface area contributed by atoms with Crippen LogP contribution in [0.1, 0.15) is 16.7 Å². The van der Waals surface area contributed by atoms with Crippen LogP contribution in [-0.2, 0) is 16.1 Å². The van der Waals surface area contributed by atoms with Crippen molar-refractivity contribution in [3.05, 3.63) is 100 Å². The molecule has 1 aliphatic heterocycles. The summed E-state index contributed by atoms with van der Waals surface area (Å²) >= 11 is 6.20. The maximum absolute atomic E-state index is 12.2. The van der Waals surface area contributed by atoms with E-state index in [4.69, 9.17) is 25.8 Å². The second-order valence-corrected chi connectivity index (χ2v) is 6.90. The molecular formula is C24H18ClNO4. The molecule has 1 aliphatic rings. The van der Waals surface area contributed by atoms with Gasteiger partial charge in [0.2, 0.25) is 5.90 Å². The molecular weight excluding hydrogens is 402 g/mol. The summed E-state index contributed by atoms with van der Waals surface area (Å²) in [7, 11) is 1.57. The van der Waals surface area contributed by atoms with Gasteiger partial charge in [0.1, 0.15) is 6.61 Å². The summed E-state index contributed by atoms with van der Waals surface area (Å²) in [5.41, 5.74) is 2.56. The van der Waals surface area contributed by atoms with Gasteiger partial charge in [-0.05, 0) is 42.0 Å². The first kappa shape index (κ1) is 19.7. The normalized spacial score (nSPS) is 14.4. The largest absolute Gasteiger partial charge is 0.493 e. The number of esters is 1. The molecule has 3 aromatic carbocycles. The first-order chi connectivity index (χ1) is 14.6. The molecule has 0 spiro atoms. The fraction of sp³-hybridized carbons (Fsp3) is 0.0833. The van der Waals surface area contributed by atoms with Crippen LogP contribution in [0.15, 0.2) is 83.5 Å². The van der Waals surface area contributed by atoms with Crippen molar-refractivity contribution in [2.45, 2.75) is 6.61 Å². The van der Waals surface area contributed by atoms with E-state index in [1.54, 1.807) is 25.3 Å². The summed E-state index contributed by atoms with van der Waals surface area (Å²) in [5, 5.41) is 0.631. The third-order valence-corrected chi connectivity index (χ3v) is 4.84. The molecule has 3 aromatic rings. The number of benzene rings is 3. The Balaban J connectivity index is 1.59. The standard InChI is InChI=1S/C24H18ClNO4/c1-28-21-12-11-16(14-22(21)29-15-18-9-5-6-10-19(18)25)13-20-24(27)30-23(26-20)17-7-3-2-4-8-17/h2-14H,15H2,1H3/b20-13-. The lowest BCUT2D eigenvalue weighted by Crippen LogP contribution is -2.04. The van der Waals surface area contributed by atoms with Gasteiger partial charge >= 0.3 is 5.97 Å². The van der Waals surface area contributed by atoms with Crippen molar-refractivity contribution in [1.29, 1.82) is 0 Å². The SMILES string of the molecule is COc1ccc(/C=C2\N=C(c3ccccc3)OC2=O)cc1OCc1ccccc1Cl. The summed E-state index contributed by atoms with van der Waals surface area (Å²) in [6, 6.07) is 22.1. The lowest BCUT2D eigenvalue weighted by Gasteiger charge is -2.12. The number of aliphatic imine (C=N–C) groups is 1. The Kier molecular flexibility index (Phi) is 5.82. The maximum atomic E-state index is 12.2. The Labute approximate surface area is 179 Å². The van der Waals surface area contributed by atoms with Crippen LogP contribution in [0.25, 0.3) is 6.08 Å². The van der Waals surface area contributed by atoms with E-state index in [9.17, 15) is 4.79 Å². The molecule has 0 aromatic heterocycles. The third kappa shape index (κ3) is 4.36. The Bertz CT molecular complexity index is 1140. The molecule has 6 heteroatoms. The molecule has 0 unspecified atom stereocenters. The highest BCUT2D eigenvalue weighted by molar-refractivity contribution is 6.31. The Hall–Kier alpha value is -3.57. The molecule has 30 heavy (non-hydrogen) atoms. The van der Waals surface area contributed by atoms with Crippen molar-refractivity contribution < 1.29 is 19.0 Å². The van der Waals surface area contributed by atoms with Gasteiger partial charge in [0.25, 0.3) is 0 Å². The summed E-state index contributed by atoms with van der Waals surface area (Å²) < 4.78 is 16.6. The summed E-state index contributed by atoms with van der Waals surface area (Å²) in [5.74, 6) is 0.899. The van der Waals surface area contributed by atoms with E-state index in [1.165, 1.54) is 0 Å². The third-order valence-electron chi connectivity index (χ3n) is 4.47. The topological polar surface area (TPSA) is 57.1 Å². The van der Waals surface area contributed by atoms with Gasteiger partial charge in [-0.3, -0.25) is 0 Å². The van der Waals surface area contributed by atoms with Crippen molar-refractivity contribution in [1.82, 2.24) is 0 Å². The number of nitrogens with zero attached hydrogens (tertiary/aromatic N) is 1. The van der Waals surface area contributed by atoms with E-state index in [0.717, 1.165) is 16.7 Å². The number of hydrogen-bond donors (Lipinski definition) is 0. The zero-order chi connectivity index (χ0) is 20.9. The van der Waals surface area contributed by atoms with Crippen molar-refractivity contribution in [2.24, 2.45) is 4.99 Å². The maximum Gasteiger partial charge on any atom is 0.363 e. The molecule has 0 saturated heterocycles. The fourth-order valence-corrected chi connectivity index (χ4v) is 3.13. The van der Waals surface area contributed by atoms with Gasteiger partial charge < -0.3 is 14.2 Å². The number of ether oxygens (including phenoxy) is 3. The lowest BCUT2D eigenvalue weighted by atomic mass is 10.1. The minimum absolute atomic E-state index is 0.219. The number of carbonyl (C=O) groups excluding carboxylic acids is 1. The van der Waals surface area contributed by atoms with E-state index in [2.05, 4.69) is 4.99 Å². The molecule has 0 radical (unpaired) electrons. The number of rotatable bonds is 6. The molecule has 4 rings (SSSR count). The van der Waals surface area contributed by atoms with Crippen LogP contribution >= 0.6 is 11.6 Å². The van der Waals surface area contributed by atoms with Crippen LogP contribution in [-0.4, -0.2) is 19.0 Å². The first-order valence-corrected chi connectivity index (χ1v) is 9.64. The highest BCUT2D eigenvalue weighted by atomic mass is 35.5. The molecule has 0 aliphatic carbocycles. The summed E-state index contributed by atoms with van der Waals surface area (Å²) in [6.45, 7) is 0.286. The monoisotopic (exact) mass is 419 g/mol. The van der Waals surface area contributed by atoms with Crippen LogP contribution in [0, 0.1) is 0 Å². The zero-order valence-electron chi connectivity index (χ0n) is 16.2. The van der Waals surface area contributed by atoms with E-state index >= 15 is 0 Å². The van der Waals surface area contributed by atoms with Gasteiger partial charge in [-0.25, -0.2) is 9.79 Å². The molecule has 150 valence electrons. The minimum Gasteiger partial charge on any atom is -0.493 e. The van der Waals surface area contributed by atoms with Crippen LogP contribution in [0.5, 0.6) is 11.5 Å². The second-order valence-electron chi connectivity index (χ2n) is 6.49. The van der Waals surface area contributed by atoms with Crippen LogP contribution in [0.2, 0.25) is 5.02 Å². The number of carbonyl (C=O) groups is 1. The quantitative estimate of drug-likeness (QED) is 0.403. The van der Waals surface area contributed by atoms with E-state index < -0.39 is 5.97 Å².